The molecule has 1 aromatic carbocycles. The molecule has 1 aromatic rings. The molecule has 0 atom stereocenters. The topological polar surface area (TPSA) is 65.1 Å². The average molecular weight is 415 g/mol. The predicted octanol–water partition coefficient (Wildman–Crippen LogP) is 2.19. The fraction of sp³-hybridized carbons (Fsp3) is 0.652. The Bertz CT molecular complexity index is 727. The second-order valence-corrected chi connectivity index (χ2v) is 8.68. The van der Waals surface area contributed by atoms with E-state index in [9.17, 15) is 9.59 Å². The van der Waals surface area contributed by atoms with E-state index in [0.29, 0.717) is 13.0 Å². The van der Waals surface area contributed by atoms with Gasteiger partial charge in [0.25, 0.3) is 0 Å². The molecule has 164 valence electrons. The Labute approximate surface area is 179 Å². The predicted molar refractivity (Wildman–Crippen MR) is 118 cm³/mol. The summed E-state index contributed by atoms with van der Waals surface area (Å²) in [6, 6.07) is 7.62. The maximum Gasteiger partial charge on any atom is 0.238 e. The van der Waals surface area contributed by atoms with E-state index in [4.69, 9.17) is 4.74 Å². The summed E-state index contributed by atoms with van der Waals surface area (Å²) in [4.78, 5) is 31.3. The van der Waals surface area contributed by atoms with Crippen LogP contribution in [0.5, 0.6) is 0 Å². The third-order valence-corrected chi connectivity index (χ3v) is 6.57. The molecule has 3 aliphatic heterocycles. The molecule has 0 bridgehead atoms. The molecule has 2 amide bonds. The number of morpholine rings is 1. The van der Waals surface area contributed by atoms with E-state index in [1.807, 2.05) is 24.3 Å². The summed E-state index contributed by atoms with van der Waals surface area (Å²) in [7, 11) is 0. The van der Waals surface area contributed by atoms with Gasteiger partial charge in [-0.15, -0.1) is 0 Å². The molecule has 1 N–H and O–H groups in total. The van der Waals surface area contributed by atoms with Crippen molar-refractivity contribution in [2.45, 2.75) is 32.1 Å². The van der Waals surface area contributed by atoms with Crippen molar-refractivity contribution in [1.82, 2.24) is 9.80 Å². The number of nitrogens with one attached hydrogen (secondary N) is 1. The number of carbonyl (C=O) groups excluding carboxylic acids is 2. The lowest BCUT2D eigenvalue weighted by molar-refractivity contribution is -0.118. The Kier molecular flexibility index (Phi) is 7.36. The van der Waals surface area contributed by atoms with Gasteiger partial charge in [0.2, 0.25) is 11.8 Å². The van der Waals surface area contributed by atoms with Crippen LogP contribution in [0, 0.1) is 5.92 Å². The van der Waals surface area contributed by atoms with E-state index in [2.05, 4.69) is 15.1 Å². The Morgan fingerprint density at radius 1 is 1.03 bits per heavy atom. The number of amides is 2. The summed E-state index contributed by atoms with van der Waals surface area (Å²) in [5.74, 6) is 0.894. The first kappa shape index (κ1) is 21.3. The average Bonchev–Trinajstić information content (AvgIpc) is 3.20. The number of nitrogens with zero attached hydrogens (tertiary/aromatic N) is 3. The number of ether oxygens (including phenoxy) is 1. The van der Waals surface area contributed by atoms with Crippen LogP contribution < -0.4 is 10.2 Å². The zero-order valence-corrected chi connectivity index (χ0v) is 17.9. The number of anilines is 2. The Hall–Kier alpha value is -1.96. The lowest BCUT2D eigenvalue weighted by Crippen LogP contribution is -2.41. The van der Waals surface area contributed by atoms with Crippen LogP contribution in [-0.4, -0.2) is 80.6 Å². The maximum absolute atomic E-state index is 12.7. The van der Waals surface area contributed by atoms with Gasteiger partial charge in [-0.3, -0.25) is 19.4 Å². The second-order valence-electron chi connectivity index (χ2n) is 8.68. The molecule has 7 heteroatoms. The van der Waals surface area contributed by atoms with Crippen LogP contribution in [0.1, 0.15) is 32.1 Å². The highest BCUT2D eigenvalue weighted by molar-refractivity contribution is 6.02. The molecule has 3 aliphatic rings. The molecule has 0 aliphatic carbocycles. The third kappa shape index (κ3) is 5.59. The molecule has 0 spiro atoms. The second kappa shape index (κ2) is 10.4. The van der Waals surface area contributed by atoms with Crippen molar-refractivity contribution in [2.75, 3.05) is 69.2 Å². The van der Waals surface area contributed by atoms with E-state index >= 15 is 0 Å². The van der Waals surface area contributed by atoms with Crippen LogP contribution in [0.4, 0.5) is 11.4 Å². The van der Waals surface area contributed by atoms with Gasteiger partial charge in [0.05, 0.1) is 31.1 Å². The van der Waals surface area contributed by atoms with Crippen molar-refractivity contribution in [2.24, 2.45) is 5.92 Å². The summed E-state index contributed by atoms with van der Waals surface area (Å²) in [6.45, 7) is 8.11. The zero-order valence-electron chi connectivity index (χ0n) is 17.9. The minimum Gasteiger partial charge on any atom is -0.379 e. The number of rotatable bonds is 7. The van der Waals surface area contributed by atoms with Crippen molar-refractivity contribution in [3.05, 3.63) is 24.3 Å². The number of hydrogen-bond donors (Lipinski definition) is 1. The van der Waals surface area contributed by atoms with E-state index in [1.165, 1.54) is 13.0 Å². The molecule has 4 rings (SSSR count). The molecular formula is C23H34N4O3. The standard InChI is InChI=1S/C23H34N4O3/c28-22(24-20-4-1-2-5-21(20)27-10-3-6-23(27)29)18-26-12-8-19(9-13-26)7-11-25-14-16-30-17-15-25/h1-2,4-5,19H,3,6-18H2,(H,24,28). The summed E-state index contributed by atoms with van der Waals surface area (Å²) < 4.78 is 5.42. The monoisotopic (exact) mass is 414 g/mol. The lowest BCUT2D eigenvalue weighted by Gasteiger charge is -2.33. The first-order valence-corrected chi connectivity index (χ1v) is 11.4. The zero-order chi connectivity index (χ0) is 20.8. The normalized spacial score (nSPS) is 21.9. The van der Waals surface area contributed by atoms with Crippen LogP contribution in [0.25, 0.3) is 0 Å². The maximum atomic E-state index is 12.7. The van der Waals surface area contributed by atoms with Crippen LogP contribution in [-0.2, 0) is 14.3 Å². The molecule has 0 unspecified atom stereocenters. The summed E-state index contributed by atoms with van der Waals surface area (Å²) >= 11 is 0. The first-order valence-electron chi connectivity index (χ1n) is 11.4. The molecule has 0 radical (unpaired) electrons. The summed E-state index contributed by atoms with van der Waals surface area (Å²) in [5.41, 5.74) is 1.55. The van der Waals surface area contributed by atoms with Crippen molar-refractivity contribution in [3.8, 4) is 0 Å². The highest BCUT2D eigenvalue weighted by Gasteiger charge is 2.25. The molecule has 3 heterocycles. The van der Waals surface area contributed by atoms with Gasteiger partial charge < -0.3 is 15.0 Å². The van der Waals surface area contributed by atoms with E-state index in [-0.39, 0.29) is 11.8 Å². The van der Waals surface area contributed by atoms with Gasteiger partial charge in [-0.2, -0.15) is 0 Å². The number of hydrogen-bond acceptors (Lipinski definition) is 5. The molecule has 0 aromatic heterocycles. The number of carbonyl (C=O) groups is 2. The van der Waals surface area contributed by atoms with Gasteiger partial charge in [-0.1, -0.05) is 12.1 Å². The Morgan fingerprint density at radius 2 is 1.80 bits per heavy atom. The fourth-order valence-corrected chi connectivity index (χ4v) is 4.73. The van der Waals surface area contributed by atoms with E-state index < -0.39 is 0 Å². The largest absolute Gasteiger partial charge is 0.379 e. The molecule has 3 fully saturated rings. The van der Waals surface area contributed by atoms with Gasteiger partial charge >= 0.3 is 0 Å². The Balaban J connectivity index is 1.21. The van der Waals surface area contributed by atoms with Crippen molar-refractivity contribution in [3.63, 3.8) is 0 Å². The van der Waals surface area contributed by atoms with Gasteiger partial charge in [0.1, 0.15) is 0 Å². The van der Waals surface area contributed by atoms with Crippen LogP contribution in [0.3, 0.4) is 0 Å². The quantitative estimate of drug-likeness (QED) is 0.741. The highest BCUT2D eigenvalue weighted by atomic mass is 16.5. The van der Waals surface area contributed by atoms with Crippen molar-refractivity contribution < 1.29 is 14.3 Å². The Morgan fingerprint density at radius 3 is 2.53 bits per heavy atom. The summed E-state index contributed by atoms with van der Waals surface area (Å²) in [6.07, 6.45) is 5.04. The fourth-order valence-electron chi connectivity index (χ4n) is 4.73. The number of para-hydroxylation sites is 2. The van der Waals surface area contributed by atoms with Gasteiger partial charge in [0.15, 0.2) is 0 Å². The lowest BCUT2D eigenvalue weighted by atomic mass is 9.93. The van der Waals surface area contributed by atoms with Crippen LogP contribution >= 0.6 is 0 Å². The number of benzene rings is 1. The minimum atomic E-state index is 0.000799. The van der Waals surface area contributed by atoms with Gasteiger partial charge in [0, 0.05) is 26.1 Å². The molecule has 7 nitrogen and oxygen atoms in total. The molecule has 3 saturated heterocycles. The smallest absolute Gasteiger partial charge is 0.238 e. The van der Waals surface area contributed by atoms with Gasteiger partial charge in [-0.05, 0) is 63.4 Å². The SMILES string of the molecule is O=C(CN1CCC(CCN2CCOCC2)CC1)Nc1ccccc1N1CCCC1=O. The van der Waals surface area contributed by atoms with Crippen LogP contribution in [0.15, 0.2) is 24.3 Å². The van der Waals surface area contributed by atoms with Crippen molar-refractivity contribution >= 4 is 23.2 Å². The van der Waals surface area contributed by atoms with E-state index in [1.54, 1.807) is 4.90 Å². The number of piperidine rings is 1. The number of likely N-dealkylation sites (tertiary alicyclic amines) is 1. The van der Waals surface area contributed by atoms with Crippen molar-refractivity contribution in [1.29, 1.82) is 0 Å². The van der Waals surface area contributed by atoms with Crippen LogP contribution in [0.2, 0.25) is 0 Å². The minimum absolute atomic E-state index is 0.000799. The summed E-state index contributed by atoms with van der Waals surface area (Å²) in [5, 5.41) is 3.04. The highest BCUT2D eigenvalue weighted by Crippen LogP contribution is 2.29. The molecule has 30 heavy (non-hydrogen) atoms. The van der Waals surface area contributed by atoms with Gasteiger partial charge in [-0.25, -0.2) is 0 Å². The molecule has 0 saturated carbocycles. The third-order valence-electron chi connectivity index (χ3n) is 6.57. The first-order chi connectivity index (χ1) is 14.7. The van der Waals surface area contributed by atoms with E-state index in [0.717, 1.165) is 82.5 Å². The molecular weight excluding hydrogens is 380 g/mol.